The minimum atomic E-state index is -1.23. The van der Waals surface area contributed by atoms with Gasteiger partial charge in [-0.15, -0.1) is 0 Å². The molecule has 10 heteroatoms. The van der Waals surface area contributed by atoms with Gasteiger partial charge in [-0.25, -0.2) is 4.79 Å². The number of nitrogens with zero attached hydrogens (tertiary/aromatic N) is 1. The zero-order valence-electron chi connectivity index (χ0n) is 10.5. The number of rotatable bonds is 6. The van der Waals surface area contributed by atoms with Crippen LogP contribution in [-0.4, -0.2) is 41.9 Å². The van der Waals surface area contributed by atoms with Crippen molar-refractivity contribution in [3.63, 3.8) is 0 Å². The molecule has 2 rings (SSSR count). The number of nitro benzene ring substituents is 1. The maximum absolute atomic E-state index is 11.5. The Labute approximate surface area is 117 Å². The van der Waals surface area contributed by atoms with Gasteiger partial charge >= 0.3 is 5.97 Å². The molecule has 0 fully saturated rings. The lowest BCUT2D eigenvalue weighted by atomic mass is 10.2. The molecule has 0 spiro atoms. The van der Waals surface area contributed by atoms with Crippen LogP contribution in [0.4, 0.5) is 11.4 Å². The minimum Gasteiger partial charge on any atom is -0.480 e. The monoisotopic (exact) mass is 298 g/mol. The van der Waals surface area contributed by atoms with Gasteiger partial charge in [-0.3, -0.25) is 14.9 Å². The first kappa shape index (κ1) is 14.5. The van der Waals surface area contributed by atoms with Crippen LogP contribution in [0.15, 0.2) is 12.1 Å². The highest BCUT2D eigenvalue weighted by Gasteiger charge is 2.24. The summed E-state index contributed by atoms with van der Waals surface area (Å²) in [5, 5.41) is 21.6. The number of aliphatic carboxylic acids is 1. The summed E-state index contributed by atoms with van der Waals surface area (Å²) in [5.74, 6) is -1.47. The van der Waals surface area contributed by atoms with Gasteiger partial charge in [-0.2, -0.15) is 0 Å². The molecule has 0 bridgehead atoms. The Morgan fingerprint density at radius 3 is 2.62 bits per heavy atom. The second-order valence-electron chi connectivity index (χ2n) is 3.91. The quantitative estimate of drug-likeness (QED) is 0.567. The minimum absolute atomic E-state index is 0.0639. The third kappa shape index (κ3) is 3.57. The highest BCUT2D eigenvalue weighted by atomic mass is 16.7. The van der Waals surface area contributed by atoms with E-state index in [1.54, 1.807) is 0 Å². The molecule has 0 aromatic heterocycles. The number of hydrogen-bond acceptors (Lipinski definition) is 7. The zero-order valence-corrected chi connectivity index (χ0v) is 10.5. The molecule has 21 heavy (non-hydrogen) atoms. The summed E-state index contributed by atoms with van der Waals surface area (Å²) in [6, 6.07) is 2.39. The van der Waals surface area contributed by atoms with Crippen LogP contribution in [0.25, 0.3) is 0 Å². The summed E-state index contributed by atoms with van der Waals surface area (Å²) >= 11 is 0. The van der Waals surface area contributed by atoms with E-state index >= 15 is 0 Å². The van der Waals surface area contributed by atoms with Crippen LogP contribution in [0.3, 0.4) is 0 Å². The van der Waals surface area contributed by atoms with E-state index in [0.29, 0.717) is 0 Å². The van der Waals surface area contributed by atoms with Crippen LogP contribution in [0.5, 0.6) is 11.5 Å². The van der Waals surface area contributed by atoms with Gasteiger partial charge in [0.25, 0.3) is 11.6 Å². The van der Waals surface area contributed by atoms with Crippen molar-refractivity contribution >= 4 is 23.3 Å². The number of carboxylic acids is 1. The SMILES string of the molecule is O=C(O)COCC(=O)Nc1cc2c(cc1[N+](=O)[O-])OCO2. The molecule has 1 aliphatic rings. The van der Waals surface area contributed by atoms with Gasteiger partial charge in [0.2, 0.25) is 6.79 Å². The molecule has 1 amide bonds. The predicted molar refractivity (Wildman–Crippen MR) is 66.3 cm³/mol. The molecule has 0 aliphatic carbocycles. The number of amides is 1. The number of anilines is 1. The fourth-order valence-corrected chi connectivity index (χ4v) is 1.60. The third-order valence-electron chi connectivity index (χ3n) is 2.42. The van der Waals surface area contributed by atoms with Crippen LogP contribution < -0.4 is 14.8 Å². The van der Waals surface area contributed by atoms with Crippen molar-refractivity contribution in [1.29, 1.82) is 0 Å². The van der Waals surface area contributed by atoms with Gasteiger partial charge in [0.15, 0.2) is 11.5 Å². The molecular formula is C11H10N2O8. The number of carbonyl (C=O) groups is 2. The summed E-state index contributed by atoms with van der Waals surface area (Å²) < 4.78 is 14.7. The lowest BCUT2D eigenvalue weighted by Crippen LogP contribution is -2.21. The van der Waals surface area contributed by atoms with E-state index in [0.717, 1.165) is 6.07 Å². The summed E-state index contributed by atoms with van der Waals surface area (Å²) in [6.07, 6.45) is 0. The van der Waals surface area contributed by atoms with Crippen LogP contribution >= 0.6 is 0 Å². The molecule has 1 heterocycles. The largest absolute Gasteiger partial charge is 0.480 e. The number of carboxylic acid groups (broad SMARTS) is 1. The first-order valence-corrected chi connectivity index (χ1v) is 5.65. The molecular weight excluding hydrogens is 288 g/mol. The van der Waals surface area contributed by atoms with Crippen molar-refractivity contribution in [2.45, 2.75) is 0 Å². The maximum atomic E-state index is 11.5. The Balaban J connectivity index is 2.10. The van der Waals surface area contributed by atoms with Crippen molar-refractivity contribution < 1.29 is 33.8 Å². The Morgan fingerprint density at radius 2 is 2.00 bits per heavy atom. The van der Waals surface area contributed by atoms with Gasteiger partial charge in [0, 0.05) is 6.07 Å². The van der Waals surface area contributed by atoms with Gasteiger partial charge in [0.1, 0.15) is 18.9 Å². The predicted octanol–water partition coefficient (Wildman–Crippen LogP) is 0.363. The first-order chi connectivity index (χ1) is 9.97. The average Bonchev–Trinajstić information content (AvgIpc) is 2.84. The fraction of sp³-hybridized carbons (Fsp3) is 0.273. The number of fused-ring (bicyclic) bond motifs is 1. The van der Waals surface area contributed by atoms with E-state index in [-0.39, 0.29) is 29.7 Å². The van der Waals surface area contributed by atoms with Crippen molar-refractivity contribution in [1.82, 2.24) is 0 Å². The summed E-state index contributed by atoms with van der Waals surface area (Å²) in [5.41, 5.74) is -0.459. The third-order valence-corrected chi connectivity index (χ3v) is 2.42. The van der Waals surface area contributed by atoms with E-state index in [2.05, 4.69) is 10.1 Å². The topological polar surface area (TPSA) is 137 Å². The van der Waals surface area contributed by atoms with E-state index in [1.165, 1.54) is 6.07 Å². The molecule has 1 aromatic rings. The number of nitrogens with one attached hydrogen (secondary N) is 1. The Hall–Kier alpha value is -2.88. The highest BCUT2D eigenvalue weighted by Crippen LogP contribution is 2.40. The van der Waals surface area contributed by atoms with E-state index in [9.17, 15) is 19.7 Å². The molecule has 1 aromatic carbocycles. The van der Waals surface area contributed by atoms with Crippen LogP contribution in [0, 0.1) is 10.1 Å². The molecule has 1 aliphatic heterocycles. The van der Waals surface area contributed by atoms with Gasteiger partial charge in [-0.1, -0.05) is 0 Å². The molecule has 2 N–H and O–H groups in total. The average molecular weight is 298 g/mol. The second kappa shape index (κ2) is 6.05. The van der Waals surface area contributed by atoms with Crippen LogP contribution in [-0.2, 0) is 14.3 Å². The fourth-order valence-electron chi connectivity index (χ4n) is 1.60. The molecule has 0 unspecified atom stereocenters. The molecule has 10 nitrogen and oxygen atoms in total. The number of carbonyl (C=O) groups excluding carboxylic acids is 1. The zero-order chi connectivity index (χ0) is 15.4. The van der Waals surface area contributed by atoms with Crippen molar-refractivity contribution in [3.05, 3.63) is 22.2 Å². The van der Waals surface area contributed by atoms with Crippen LogP contribution in [0.2, 0.25) is 0 Å². The summed E-state index contributed by atoms with van der Waals surface area (Å²) in [4.78, 5) is 32.0. The van der Waals surface area contributed by atoms with Crippen molar-refractivity contribution in [2.75, 3.05) is 25.3 Å². The highest BCUT2D eigenvalue weighted by molar-refractivity contribution is 5.94. The number of nitro groups is 1. The van der Waals surface area contributed by atoms with Gasteiger partial charge in [-0.05, 0) is 0 Å². The second-order valence-corrected chi connectivity index (χ2v) is 3.91. The Morgan fingerprint density at radius 1 is 1.33 bits per heavy atom. The molecule has 0 radical (unpaired) electrons. The molecule has 0 saturated carbocycles. The first-order valence-electron chi connectivity index (χ1n) is 5.65. The normalized spacial score (nSPS) is 12.0. The smallest absolute Gasteiger partial charge is 0.329 e. The molecule has 0 atom stereocenters. The standard InChI is InChI=1S/C11H10N2O8/c14-10(3-19-4-11(15)16)12-6-1-8-9(21-5-20-8)2-7(6)13(17)18/h1-2H,3-5H2,(H,12,14)(H,15,16). The van der Waals surface area contributed by atoms with Gasteiger partial charge in [0.05, 0.1) is 11.0 Å². The van der Waals surface area contributed by atoms with Gasteiger partial charge < -0.3 is 24.6 Å². The maximum Gasteiger partial charge on any atom is 0.329 e. The van der Waals surface area contributed by atoms with E-state index < -0.39 is 30.0 Å². The van der Waals surface area contributed by atoms with E-state index in [1.807, 2.05) is 0 Å². The van der Waals surface area contributed by atoms with Crippen molar-refractivity contribution in [3.8, 4) is 11.5 Å². The molecule has 0 saturated heterocycles. The lowest BCUT2D eigenvalue weighted by Gasteiger charge is -2.07. The van der Waals surface area contributed by atoms with E-state index in [4.69, 9.17) is 14.6 Å². The number of hydrogen-bond donors (Lipinski definition) is 2. The number of benzene rings is 1. The lowest BCUT2D eigenvalue weighted by molar-refractivity contribution is -0.384. The van der Waals surface area contributed by atoms with Crippen LogP contribution in [0.1, 0.15) is 0 Å². The molecule has 112 valence electrons. The summed E-state index contributed by atoms with van der Waals surface area (Å²) in [6.45, 7) is -1.25. The number of ether oxygens (including phenoxy) is 3. The Kier molecular flexibility index (Phi) is 4.18. The van der Waals surface area contributed by atoms with Crippen molar-refractivity contribution in [2.24, 2.45) is 0 Å². The Bertz CT molecular complexity index is 600. The summed E-state index contributed by atoms with van der Waals surface area (Å²) in [7, 11) is 0.